The van der Waals surface area contributed by atoms with Crippen LogP contribution in [0.15, 0.2) is 36.7 Å². The van der Waals surface area contributed by atoms with Gasteiger partial charge in [0.2, 0.25) is 0 Å². The molecule has 6 heteroatoms. The maximum atomic E-state index is 4.43. The molecular weight excluding hydrogens is 432 g/mol. The van der Waals surface area contributed by atoms with Gasteiger partial charge >= 0.3 is 0 Å². The van der Waals surface area contributed by atoms with Crippen molar-refractivity contribution in [1.82, 2.24) is 30.0 Å². The van der Waals surface area contributed by atoms with Crippen molar-refractivity contribution in [3.63, 3.8) is 0 Å². The molecule has 2 N–H and O–H groups in total. The molecule has 5 rings (SSSR count). The van der Waals surface area contributed by atoms with Crippen LogP contribution in [0.4, 0.5) is 0 Å². The number of nitrogens with one attached hydrogen (secondary N) is 2. The second-order valence-corrected chi connectivity index (χ2v) is 11.8. The van der Waals surface area contributed by atoms with Crippen molar-refractivity contribution in [2.24, 2.45) is 5.41 Å². The average molecular weight is 473 g/mol. The third kappa shape index (κ3) is 4.87. The summed E-state index contributed by atoms with van der Waals surface area (Å²) in [4.78, 5) is 13.2. The molecule has 186 valence electrons. The maximum absolute atomic E-state index is 4.43. The lowest BCUT2D eigenvalue weighted by atomic mass is 9.86. The van der Waals surface area contributed by atoms with Gasteiger partial charge in [0.15, 0.2) is 5.65 Å². The fourth-order valence-corrected chi connectivity index (χ4v) is 6.30. The number of piperidine rings is 1. The molecule has 1 saturated heterocycles. The van der Waals surface area contributed by atoms with Gasteiger partial charge in [0.25, 0.3) is 0 Å². The van der Waals surface area contributed by atoms with E-state index in [1.54, 1.807) is 0 Å². The Morgan fingerprint density at radius 3 is 2.60 bits per heavy atom. The summed E-state index contributed by atoms with van der Waals surface area (Å²) in [5.74, 6) is 1.04. The number of fused-ring (bicyclic) bond motifs is 2. The molecule has 1 fully saturated rings. The van der Waals surface area contributed by atoms with Crippen LogP contribution in [-0.2, 0) is 0 Å². The Hall–Kier alpha value is -2.70. The minimum atomic E-state index is 0.316. The van der Waals surface area contributed by atoms with Crippen molar-refractivity contribution in [3.8, 4) is 11.3 Å². The largest absolute Gasteiger partial charge is 0.354 e. The molecule has 0 amide bonds. The number of nitrogens with zero attached hydrogens (tertiary/aromatic N) is 4. The van der Waals surface area contributed by atoms with Gasteiger partial charge in [0, 0.05) is 41.1 Å². The van der Waals surface area contributed by atoms with E-state index in [0.29, 0.717) is 17.3 Å². The number of likely N-dealkylation sites (tertiary alicyclic amines) is 1. The van der Waals surface area contributed by atoms with Gasteiger partial charge in [-0.2, -0.15) is 5.10 Å². The molecule has 35 heavy (non-hydrogen) atoms. The molecular formula is C29H40N6. The van der Waals surface area contributed by atoms with Crippen LogP contribution in [0.1, 0.15) is 63.5 Å². The van der Waals surface area contributed by atoms with Crippen molar-refractivity contribution >= 4 is 21.9 Å². The van der Waals surface area contributed by atoms with Crippen LogP contribution in [-0.4, -0.2) is 70.2 Å². The maximum Gasteiger partial charge on any atom is 0.155 e. The summed E-state index contributed by atoms with van der Waals surface area (Å²) in [6.45, 7) is 14.0. The smallest absolute Gasteiger partial charge is 0.155 e. The summed E-state index contributed by atoms with van der Waals surface area (Å²) in [5.41, 5.74) is 7.59. The van der Waals surface area contributed by atoms with Crippen molar-refractivity contribution in [1.29, 1.82) is 0 Å². The Balaban J connectivity index is 1.41. The third-order valence-electron chi connectivity index (χ3n) is 7.52. The van der Waals surface area contributed by atoms with Gasteiger partial charge in [-0.05, 0) is 86.6 Å². The van der Waals surface area contributed by atoms with Gasteiger partial charge in [-0.3, -0.25) is 5.10 Å². The minimum Gasteiger partial charge on any atom is -0.354 e. The normalized spacial score (nSPS) is 16.3. The minimum absolute atomic E-state index is 0.316. The summed E-state index contributed by atoms with van der Waals surface area (Å²) in [6, 6.07) is 9.21. The summed E-state index contributed by atoms with van der Waals surface area (Å²) < 4.78 is 0. The first-order chi connectivity index (χ1) is 16.7. The summed E-state index contributed by atoms with van der Waals surface area (Å²) >= 11 is 0. The van der Waals surface area contributed by atoms with Crippen LogP contribution in [0.5, 0.6) is 0 Å². The Labute approximate surface area is 209 Å². The number of pyridine rings is 1. The molecule has 4 aromatic rings. The second kappa shape index (κ2) is 9.40. The number of hydrogen-bond acceptors (Lipinski definition) is 4. The highest BCUT2D eigenvalue weighted by atomic mass is 15.2. The molecule has 0 aliphatic carbocycles. The molecule has 0 bridgehead atoms. The van der Waals surface area contributed by atoms with Crippen molar-refractivity contribution in [2.45, 2.75) is 52.4 Å². The van der Waals surface area contributed by atoms with E-state index < -0.39 is 0 Å². The number of aromatic amines is 2. The van der Waals surface area contributed by atoms with E-state index in [1.165, 1.54) is 65.8 Å². The van der Waals surface area contributed by atoms with Gasteiger partial charge in [-0.25, -0.2) is 4.98 Å². The van der Waals surface area contributed by atoms with Gasteiger partial charge < -0.3 is 14.8 Å². The SMILES string of the molecule is CC(C)c1c(-c2ccnc3[nH]ncc23)[nH]c2ccc(C3CCN(CC(C)(C)CN(C)C)CC3)cc12. The Kier molecular flexibility index (Phi) is 6.45. The number of hydrogen-bond donors (Lipinski definition) is 2. The molecule has 1 aliphatic rings. The second-order valence-electron chi connectivity index (χ2n) is 11.8. The van der Waals surface area contributed by atoms with E-state index in [0.717, 1.165) is 17.6 Å². The van der Waals surface area contributed by atoms with E-state index in [4.69, 9.17) is 0 Å². The molecule has 0 atom stereocenters. The lowest BCUT2D eigenvalue weighted by Gasteiger charge is -2.38. The molecule has 0 spiro atoms. The monoisotopic (exact) mass is 472 g/mol. The van der Waals surface area contributed by atoms with Gasteiger partial charge in [-0.15, -0.1) is 0 Å². The summed E-state index contributed by atoms with van der Waals surface area (Å²) in [7, 11) is 4.35. The Bertz CT molecular complexity index is 1300. The molecule has 3 aromatic heterocycles. The van der Waals surface area contributed by atoms with Crippen LogP contribution in [0.3, 0.4) is 0 Å². The van der Waals surface area contributed by atoms with Crippen LogP contribution in [0.2, 0.25) is 0 Å². The van der Waals surface area contributed by atoms with E-state index in [1.807, 2.05) is 12.4 Å². The number of H-pyrrole nitrogens is 2. The Morgan fingerprint density at radius 1 is 1.11 bits per heavy atom. The highest BCUT2D eigenvalue weighted by molar-refractivity contribution is 5.98. The average Bonchev–Trinajstić information content (AvgIpc) is 3.42. The first-order valence-electron chi connectivity index (χ1n) is 13.0. The molecule has 0 radical (unpaired) electrons. The van der Waals surface area contributed by atoms with Crippen molar-refractivity contribution < 1.29 is 0 Å². The first kappa shape index (κ1) is 24.0. The zero-order chi connectivity index (χ0) is 24.7. The van der Waals surface area contributed by atoms with E-state index >= 15 is 0 Å². The predicted molar refractivity (Wildman–Crippen MR) is 146 cm³/mol. The fraction of sp³-hybridized carbons (Fsp3) is 0.517. The lowest BCUT2D eigenvalue weighted by Crippen LogP contribution is -2.43. The summed E-state index contributed by atoms with van der Waals surface area (Å²) in [5, 5.41) is 9.65. The van der Waals surface area contributed by atoms with E-state index in [2.05, 4.69) is 96.0 Å². The quantitative estimate of drug-likeness (QED) is 0.346. The molecule has 1 aromatic carbocycles. The fourth-order valence-electron chi connectivity index (χ4n) is 6.30. The zero-order valence-electron chi connectivity index (χ0n) is 22.2. The van der Waals surface area contributed by atoms with Crippen LogP contribution >= 0.6 is 0 Å². The Morgan fingerprint density at radius 2 is 1.89 bits per heavy atom. The highest BCUT2D eigenvalue weighted by Crippen LogP contribution is 2.40. The first-order valence-corrected chi connectivity index (χ1v) is 13.0. The number of aromatic nitrogens is 4. The van der Waals surface area contributed by atoms with Crippen LogP contribution in [0.25, 0.3) is 33.2 Å². The summed E-state index contributed by atoms with van der Waals surface area (Å²) in [6.07, 6.45) is 6.21. The molecule has 4 heterocycles. The van der Waals surface area contributed by atoms with Crippen molar-refractivity contribution in [2.75, 3.05) is 40.3 Å². The zero-order valence-corrected chi connectivity index (χ0v) is 22.2. The molecule has 6 nitrogen and oxygen atoms in total. The van der Waals surface area contributed by atoms with Crippen molar-refractivity contribution in [3.05, 3.63) is 47.8 Å². The van der Waals surface area contributed by atoms with Crippen LogP contribution < -0.4 is 0 Å². The van der Waals surface area contributed by atoms with E-state index in [9.17, 15) is 0 Å². The molecule has 1 aliphatic heterocycles. The predicted octanol–water partition coefficient (Wildman–Crippen LogP) is 6.00. The molecule has 0 unspecified atom stereocenters. The lowest BCUT2D eigenvalue weighted by molar-refractivity contribution is 0.121. The third-order valence-corrected chi connectivity index (χ3v) is 7.52. The molecule has 0 saturated carbocycles. The van der Waals surface area contributed by atoms with Crippen LogP contribution in [0, 0.1) is 5.41 Å². The van der Waals surface area contributed by atoms with Gasteiger partial charge in [0.1, 0.15) is 0 Å². The number of rotatable bonds is 7. The standard InChI is InChI=1S/C29H40N6/c1-19(2)26-23-15-21(20-10-13-35(14-11-20)18-29(3,4)17-34(5)6)7-8-25(23)32-27(26)22-9-12-30-28-24(22)16-31-33-28/h7-9,12,15-16,19-20,32H,10-11,13-14,17-18H2,1-6H3,(H,30,31,33). The van der Waals surface area contributed by atoms with Gasteiger partial charge in [0.05, 0.1) is 11.9 Å². The van der Waals surface area contributed by atoms with Gasteiger partial charge in [-0.1, -0.05) is 33.8 Å². The van der Waals surface area contributed by atoms with E-state index in [-0.39, 0.29) is 0 Å². The topological polar surface area (TPSA) is 63.8 Å². The highest BCUT2D eigenvalue weighted by Gasteiger charge is 2.27. The number of benzene rings is 1.